The van der Waals surface area contributed by atoms with Gasteiger partial charge in [0.15, 0.2) is 22.6 Å². The number of piperidine rings is 1. The van der Waals surface area contributed by atoms with Gasteiger partial charge in [-0.15, -0.1) is 0 Å². The van der Waals surface area contributed by atoms with Gasteiger partial charge in [-0.3, -0.25) is 19.2 Å². The normalized spacial score (nSPS) is 17.8. The van der Waals surface area contributed by atoms with Crippen molar-refractivity contribution in [2.75, 3.05) is 13.1 Å². The Labute approximate surface area is 271 Å². The molecule has 11 heteroatoms. The van der Waals surface area contributed by atoms with Crippen molar-refractivity contribution < 1.29 is 27.6 Å². The Bertz CT molecular complexity index is 1670. The number of carbonyl (C=O) groups excluding carboxylic acids is 3. The molecule has 8 nitrogen and oxygen atoms in total. The summed E-state index contributed by atoms with van der Waals surface area (Å²) in [6, 6.07) is 8.03. The predicted octanol–water partition coefficient (Wildman–Crippen LogP) is 6.17. The van der Waals surface area contributed by atoms with Gasteiger partial charge in [-0.05, 0) is 76.1 Å². The van der Waals surface area contributed by atoms with Crippen LogP contribution in [0.3, 0.4) is 0 Å². The summed E-state index contributed by atoms with van der Waals surface area (Å²) in [5.74, 6) is -3.57. The first-order valence-corrected chi connectivity index (χ1v) is 16.2. The molecule has 1 aliphatic heterocycles. The van der Waals surface area contributed by atoms with Gasteiger partial charge in [0.2, 0.25) is 11.8 Å². The van der Waals surface area contributed by atoms with Crippen LogP contribution in [0.1, 0.15) is 81.8 Å². The van der Waals surface area contributed by atoms with Crippen molar-refractivity contribution in [3.8, 4) is 0 Å². The molecule has 2 aliphatic rings. The maximum absolute atomic E-state index is 14.5. The van der Waals surface area contributed by atoms with Crippen LogP contribution in [-0.4, -0.2) is 47.3 Å². The Morgan fingerprint density at radius 2 is 1.67 bits per heavy atom. The van der Waals surface area contributed by atoms with Crippen LogP contribution >= 0.6 is 11.6 Å². The molecule has 0 spiro atoms. The highest BCUT2D eigenvalue weighted by Crippen LogP contribution is 2.46. The number of benzene rings is 2. The lowest BCUT2D eigenvalue weighted by molar-refractivity contribution is -0.147. The summed E-state index contributed by atoms with van der Waals surface area (Å²) in [6.07, 6.45) is 6.38. The van der Waals surface area contributed by atoms with Crippen molar-refractivity contribution in [1.29, 1.82) is 0 Å². The van der Waals surface area contributed by atoms with E-state index >= 15 is 0 Å². The number of rotatable bonds is 7. The van der Waals surface area contributed by atoms with Gasteiger partial charge in [0, 0.05) is 42.2 Å². The monoisotopic (exact) mass is 655 g/mol. The quantitative estimate of drug-likeness (QED) is 0.317. The van der Waals surface area contributed by atoms with Crippen LogP contribution in [0.15, 0.2) is 51.7 Å². The molecular formula is C35H40ClF2N3O5. The number of likely N-dealkylation sites (tertiary alicyclic amines) is 1. The molecule has 0 radical (unpaired) electrons. The molecule has 1 saturated heterocycles. The largest absolute Gasteiger partial charge is 0.448 e. The van der Waals surface area contributed by atoms with Crippen molar-refractivity contribution in [2.45, 2.75) is 83.7 Å². The summed E-state index contributed by atoms with van der Waals surface area (Å²) in [7, 11) is 0. The van der Waals surface area contributed by atoms with Gasteiger partial charge in [0.05, 0.1) is 10.8 Å². The fraction of sp³-hybridized carbons (Fsp3) is 0.486. The van der Waals surface area contributed by atoms with Crippen LogP contribution in [0.2, 0.25) is 5.02 Å². The van der Waals surface area contributed by atoms with Crippen LogP contribution in [0, 0.1) is 23.0 Å². The Morgan fingerprint density at radius 1 is 1.02 bits per heavy atom. The van der Waals surface area contributed by atoms with E-state index in [1.54, 1.807) is 29.2 Å². The fourth-order valence-corrected chi connectivity index (χ4v) is 6.99. The minimum atomic E-state index is -1.12. The highest BCUT2D eigenvalue weighted by Gasteiger charge is 2.49. The van der Waals surface area contributed by atoms with E-state index in [9.17, 15) is 28.0 Å². The summed E-state index contributed by atoms with van der Waals surface area (Å²) in [6.45, 7) is 6.56. The molecule has 2 aromatic carbocycles. The molecule has 1 aliphatic carbocycles. The van der Waals surface area contributed by atoms with Crippen LogP contribution < -0.4 is 16.1 Å². The van der Waals surface area contributed by atoms with Crippen LogP contribution in [0.25, 0.3) is 11.0 Å². The first-order chi connectivity index (χ1) is 21.8. The van der Waals surface area contributed by atoms with Crippen molar-refractivity contribution in [3.05, 3.63) is 80.7 Å². The maximum Gasteiger partial charge on any atom is 0.287 e. The average Bonchev–Trinajstić information content (AvgIpc) is 3.01. The Balaban J connectivity index is 1.39. The summed E-state index contributed by atoms with van der Waals surface area (Å²) >= 11 is 6.06. The molecule has 2 N–H and O–H groups in total. The van der Waals surface area contributed by atoms with E-state index in [4.69, 9.17) is 16.0 Å². The standard InChI is InChI=1S/C35H40ClF2N3O5/c1-34(2,3)40-33(45)35(22-7-5-4-6-8-22)13-15-41(16-14-35)32(44)27(17-21-9-11-23(36)12-10-21)39-31(43)29-20-28(42)25-18-24(37)19-26(38)30(25)46-29/h9-12,18-20,22,27H,4-8,13-17H2,1-3H3,(H,39,43)(H,40,45)/t27-/m1/s1. The highest BCUT2D eigenvalue weighted by molar-refractivity contribution is 6.30. The van der Waals surface area contributed by atoms with Gasteiger partial charge in [0.1, 0.15) is 11.9 Å². The molecule has 3 aromatic rings. The van der Waals surface area contributed by atoms with Crippen molar-refractivity contribution >= 4 is 40.3 Å². The predicted molar refractivity (Wildman–Crippen MR) is 172 cm³/mol. The number of hydrogen-bond donors (Lipinski definition) is 2. The third-order valence-corrected chi connectivity index (χ3v) is 9.48. The summed E-state index contributed by atoms with van der Waals surface area (Å²) in [4.78, 5) is 55.6. The number of halogens is 3. The molecule has 2 heterocycles. The lowest BCUT2D eigenvalue weighted by Gasteiger charge is -2.48. The smallest absolute Gasteiger partial charge is 0.287 e. The van der Waals surface area contributed by atoms with E-state index in [1.165, 1.54) is 0 Å². The average molecular weight is 656 g/mol. The topological polar surface area (TPSA) is 109 Å². The van der Waals surface area contributed by atoms with Gasteiger partial charge in [-0.2, -0.15) is 0 Å². The first kappa shape index (κ1) is 33.6. The minimum absolute atomic E-state index is 0.0310. The molecule has 2 fully saturated rings. The zero-order valence-electron chi connectivity index (χ0n) is 26.4. The van der Waals surface area contributed by atoms with Crippen LogP contribution in [0.5, 0.6) is 0 Å². The number of fused-ring (bicyclic) bond motifs is 1. The second-order valence-corrected chi connectivity index (χ2v) is 14.1. The number of nitrogens with zero attached hydrogens (tertiary/aromatic N) is 1. The van der Waals surface area contributed by atoms with Crippen LogP contribution in [-0.2, 0) is 16.0 Å². The van der Waals surface area contributed by atoms with Crippen molar-refractivity contribution in [2.24, 2.45) is 11.3 Å². The van der Waals surface area contributed by atoms with Crippen molar-refractivity contribution in [1.82, 2.24) is 15.5 Å². The molecule has 1 atom stereocenters. The van der Waals surface area contributed by atoms with Gasteiger partial charge < -0.3 is 20.0 Å². The molecule has 246 valence electrons. The van der Waals surface area contributed by atoms with Gasteiger partial charge in [-0.25, -0.2) is 8.78 Å². The second-order valence-electron chi connectivity index (χ2n) is 13.6. The molecule has 5 rings (SSSR count). The van der Waals surface area contributed by atoms with E-state index in [0.29, 0.717) is 37.0 Å². The van der Waals surface area contributed by atoms with E-state index in [1.807, 2.05) is 20.8 Å². The summed E-state index contributed by atoms with van der Waals surface area (Å²) < 4.78 is 33.6. The van der Waals surface area contributed by atoms with Crippen molar-refractivity contribution in [3.63, 3.8) is 0 Å². The maximum atomic E-state index is 14.5. The third kappa shape index (κ3) is 7.43. The zero-order chi connectivity index (χ0) is 33.2. The van der Waals surface area contributed by atoms with E-state index < -0.39 is 51.3 Å². The number of carbonyl (C=O) groups is 3. The highest BCUT2D eigenvalue weighted by atomic mass is 35.5. The van der Waals surface area contributed by atoms with Gasteiger partial charge in [-0.1, -0.05) is 43.0 Å². The third-order valence-electron chi connectivity index (χ3n) is 9.22. The Kier molecular flexibility index (Phi) is 9.86. The van der Waals surface area contributed by atoms with E-state index in [2.05, 4.69) is 10.6 Å². The SMILES string of the molecule is CC(C)(C)NC(=O)C1(C2CCCCC2)CCN(C(=O)[C@@H](Cc2ccc(Cl)cc2)NC(=O)c2cc(=O)c3cc(F)cc(F)c3o2)CC1. The summed E-state index contributed by atoms with van der Waals surface area (Å²) in [5.41, 5.74) is -1.61. The molecule has 0 unspecified atom stereocenters. The number of nitrogens with one attached hydrogen (secondary N) is 2. The summed E-state index contributed by atoms with van der Waals surface area (Å²) in [5, 5.41) is 6.06. The Hall–Kier alpha value is -3.79. The lowest BCUT2D eigenvalue weighted by Crippen LogP contribution is -2.59. The zero-order valence-corrected chi connectivity index (χ0v) is 27.1. The van der Waals surface area contributed by atoms with E-state index in [-0.39, 0.29) is 29.5 Å². The number of amides is 3. The minimum Gasteiger partial charge on any atom is -0.448 e. The van der Waals surface area contributed by atoms with E-state index in [0.717, 1.165) is 49.8 Å². The Morgan fingerprint density at radius 3 is 2.30 bits per heavy atom. The second kappa shape index (κ2) is 13.5. The molecule has 0 bridgehead atoms. The molecule has 46 heavy (non-hydrogen) atoms. The molecular weight excluding hydrogens is 616 g/mol. The fourth-order valence-electron chi connectivity index (χ4n) is 6.87. The number of hydrogen-bond acceptors (Lipinski definition) is 5. The first-order valence-electron chi connectivity index (χ1n) is 15.9. The van der Waals surface area contributed by atoms with Crippen LogP contribution in [0.4, 0.5) is 8.78 Å². The molecule has 1 aromatic heterocycles. The van der Waals surface area contributed by atoms with Gasteiger partial charge >= 0.3 is 0 Å². The molecule has 3 amide bonds. The molecule has 1 saturated carbocycles. The van der Waals surface area contributed by atoms with Gasteiger partial charge in [0.25, 0.3) is 5.91 Å². The lowest BCUT2D eigenvalue weighted by atomic mass is 9.63.